The average molecular weight is 429 g/mol. The molecule has 8 nitrogen and oxygen atoms in total. The molecule has 2 aromatic carbocycles. The summed E-state index contributed by atoms with van der Waals surface area (Å²) in [5.41, 5.74) is 2.07. The highest BCUT2D eigenvalue weighted by atomic mass is 32.2. The topological polar surface area (TPSA) is 105 Å². The third-order valence-electron chi connectivity index (χ3n) is 5.04. The number of anilines is 1. The van der Waals surface area contributed by atoms with Crippen LogP contribution in [0, 0.1) is 10.1 Å². The lowest BCUT2D eigenvalue weighted by molar-refractivity contribution is -0.383. The van der Waals surface area contributed by atoms with Crippen molar-refractivity contribution in [1.82, 2.24) is 9.29 Å². The summed E-state index contributed by atoms with van der Waals surface area (Å²) >= 11 is 0. The Hall–Kier alpha value is -3.04. The zero-order chi connectivity index (χ0) is 21.9. The molecule has 0 spiro atoms. The third-order valence-corrected chi connectivity index (χ3v) is 7.10. The second-order valence-corrected chi connectivity index (χ2v) is 8.75. The molecule has 0 bridgehead atoms. The first kappa shape index (κ1) is 21.7. The van der Waals surface area contributed by atoms with Crippen LogP contribution in [0.1, 0.15) is 32.4 Å². The Bertz CT molecular complexity index is 1160. The second kappa shape index (κ2) is 8.76. The molecule has 0 aliphatic rings. The number of nitrogens with zero attached hydrogens (tertiary/aromatic N) is 3. The number of nitrogens with one attached hydrogen (secondary N) is 1. The van der Waals surface area contributed by atoms with Crippen molar-refractivity contribution in [1.29, 1.82) is 0 Å². The molecule has 3 aromatic rings. The molecule has 1 aromatic heterocycles. The number of hydrogen-bond acceptors (Lipinski definition) is 6. The van der Waals surface area contributed by atoms with Gasteiger partial charge in [0, 0.05) is 31.4 Å². The molecule has 1 unspecified atom stereocenters. The Balaban J connectivity index is 1.88. The maximum absolute atomic E-state index is 12.6. The molecule has 9 heteroatoms. The van der Waals surface area contributed by atoms with Gasteiger partial charge < -0.3 is 5.32 Å². The number of fused-ring (bicyclic) bond motifs is 1. The molecule has 0 fully saturated rings. The Labute approximate surface area is 175 Å². The van der Waals surface area contributed by atoms with Crippen LogP contribution in [0.3, 0.4) is 0 Å². The van der Waals surface area contributed by atoms with Gasteiger partial charge in [0.05, 0.1) is 20.9 Å². The van der Waals surface area contributed by atoms with Crippen molar-refractivity contribution in [3.05, 3.63) is 70.4 Å². The summed E-state index contributed by atoms with van der Waals surface area (Å²) in [7, 11) is -3.51. The van der Waals surface area contributed by atoms with Crippen LogP contribution in [-0.2, 0) is 10.0 Å². The maximum atomic E-state index is 12.6. The highest BCUT2D eigenvalue weighted by Gasteiger charge is 2.22. The number of rotatable bonds is 8. The minimum absolute atomic E-state index is 0.00210. The van der Waals surface area contributed by atoms with E-state index in [1.807, 2.05) is 20.8 Å². The lowest BCUT2D eigenvalue weighted by Crippen LogP contribution is -2.30. The van der Waals surface area contributed by atoms with Gasteiger partial charge >= 0.3 is 0 Å². The fourth-order valence-corrected chi connectivity index (χ4v) is 4.85. The molecular weight excluding hydrogens is 404 g/mol. The zero-order valence-corrected chi connectivity index (χ0v) is 17.9. The Morgan fingerprint density at radius 1 is 1.10 bits per heavy atom. The molecule has 0 aliphatic heterocycles. The van der Waals surface area contributed by atoms with Gasteiger partial charge in [0.2, 0.25) is 10.0 Å². The van der Waals surface area contributed by atoms with Crippen LogP contribution >= 0.6 is 0 Å². The van der Waals surface area contributed by atoms with Gasteiger partial charge in [-0.2, -0.15) is 4.31 Å². The smallest absolute Gasteiger partial charge is 0.278 e. The van der Waals surface area contributed by atoms with Crippen molar-refractivity contribution < 1.29 is 13.3 Å². The number of pyridine rings is 1. The molecule has 0 aliphatic carbocycles. The minimum atomic E-state index is -3.51. The summed E-state index contributed by atoms with van der Waals surface area (Å²) in [6, 6.07) is 13.0. The van der Waals surface area contributed by atoms with Gasteiger partial charge in [0.1, 0.15) is 5.52 Å². The highest BCUT2D eigenvalue weighted by molar-refractivity contribution is 7.89. The molecule has 1 heterocycles. The number of sulfonamides is 1. The molecule has 0 saturated carbocycles. The summed E-state index contributed by atoms with van der Waals surface area (Å²) in [4.78, 5) is 15.4. The second-order valence-electron chi connectivity index (χ2n) is 6.81. The molecule has 1 atom stereocenters. The van der Waals surface area contributed by atoms with Crippen LogP contribution in [0.15, 0.2) is 59.6 Å². The van der Waals surface area contributed by atoms with E-state index < -0.39 is 14.9 Å². The number of hydrogen-bond donors (Lipinski definition) is 1. The molecule has 1 N–H and O–H groups in total. The van der Waals surface area contributed by atoms with Gasteiger partial charge in [-0.25, -0.2) is 8.42 Å². The summed E-state index contributed by atoms with van der Waals surface area (Å²) in [5.74, 6) is 0. The van der Waals surface area contributed by atoms with E-state index in [1.54, 1.807) is 48.7 Å². The highest BCUT2D eigenvalue weighted by Crippen LogP contribution is 2.32. The molecule has 0 radical (unpaired) electrons. The predicted molar refractivity (Wildman–Crippen MR) is 117 cm³/mol. The van der Waals surface area contributed by atoms with Crippen LogP contribution in [0.4, 0.5) is 11.4 Å². The molecule has 158 valence electrons. The standard InChI is InChI=1S/C21H24N4O4S/c1-4-24(5-2)30(28,29)17-10-8-16(9-11-17)15(3)23-19-12-13-20(25(26)27)18-7-6-14-22-21(18)19/h6-15,23H,4-5H2,1-3H3. The van der Waals surface area contributed by atoms with Crippen LogP contribution in [0.5, 0.6) is 0 Å². The summed E-state index contributed by atoms with van der Waals surface area (Å²) < 4.78 is 26.7. The van der Waals surface area contributed by atoms with Crippen LogP contribution in [-0.4, -0.2) is 35.7 Å². The van der Waals surface area contributed by atoms with E-state index in [2.05, 4.69) is 10.3 Å². The third kappa shape index (κ3) is 4.12. The minimum Gasteiger partial charge on any atom is -0.377 e. The Morgan fingerprint density at radius 2 is 1.77 bits per heavy atom. The van der Waals surface area contributed by atoms with Gasteiger partial charge in [-0.3, -0.25) is 15.1 Å². The molecule has 0 amide bonds. The van der Waals surface area contributed by atoms with Gasteiger partial charge in [-0.05, 0) is 42.8 Å². The van der Waals surface area contributed by atoms with E-state index in [1.165, 1.54) is 10.4 Å². The van der Waals surface area contributed by atoms with E-state index in [0.29, 0.717) is 29.7 Å². The predicted octanol–water partition coefficient (Wildman–Crippen LogP) is 4.35. The number of aromatic nitrogens is 1. The first-order valence-electron chi connectivity index (χ1n) is 9.68. The molecule has 0 saturated heterocycles. The van der Waals surface area contributed by atoms with Crippen LogP contribution < -0.4 is 5.32 Å². The first-order chi connectivity index (χ1) is 14.3. The van der Waals surface area contributed by atoms with Crippen molar-refractivity contribution in [2.45, 2.75) is 31.7 Å². The largest absolute Gasteiger partial charge is 0.377 e. The van der Waals surface area contributed by atoms with Crippen molar-refractivity contribution >= 4 is 32.3 Å². The van der Waals surface area contributed by atoms with E-state index >= 15 is 0 Å². The number of nitro groups is 1. The molecular formula is C21H24N4O4S. The zero-order valence-electron chi connectivity index (χ0n) is 17.1. The fourth-order valence-electron chi connectivity index (χ4n) is 3.39. The van der Waals surface area contributed by atoms with Crippen molar-refractivity contribution in [3.63, 3.8) is 0 Å². The lowest BCUT2D eigenvalue weighted by atomic mass is 10.1. The van der Waals surface area contributed by atoms with Crippen LogP contribution in [0.25, 0.3) is 10.9 Å². The summed E-state index contributed by atoms with van der Waals surface area (Å²) in [6.07, 6.45) is 1.59. The lowest BCUT2D eigenvalue weighted by Gasteiger charge is -2.20. The van der Waals surface area contributed by atoms with Crippen molar-refractivity contribution in [2.24, 2.45) is 0 Å². The van der Waals surface area contributed by atoms with E-state index in [-0.39, 0.29) is 16.6 Å². The number of benzene rings is 2. The Morgan fingerprint density at radius 3 is 2.37 bits per heavy atom. The van der Waals surface area contributed by atoms with Crippen molar-refractivity contribution in [3.8, 4) is 0 Å². The van der Waals surface area contributed by atoms with Gasteiger partial charge in [0.15, 0.2) is 0 Å². The normalized spacial score (nSPS) is 12.8. The maximum Gasteiger partial charge on any atom is 0.278 e. The van der Waals surface area contributed by atoms with Gasteiger partial charge in [0.25, 0.3) is 5.69 Å². The van der Waals surface area contributed by atoms with E-state index in [4.69, 9.17) is 0 Å². The molecule has 3 rings (SSSR count). The Kier molecular flexibility index (Phi) is 6.33. The summed E-state index contributed by atoms with van der Waals surface area (Å²) in [5, 5.41) is 15.1. The monoisotopic (exact) mass is 428 g/mol. The number of nitro benzene ring substituents is 1. The van der Waals surface area contributed by atoms with Crippen LogP contribution in [0.2, 0.25) is 0 Å². The van der Waals surface area contributed by atoms with Gasteiger partial charge in [-0.15, -0.1) is 0 Å². The van der Waals surface area contributed by atoms with E-state index in [0.717, 1.165) is 5.56 Å². The van der Waals surface area contributed by atoms with Gasteiger partial charge in [-0.1, -0.05) is 26.0 Å². The quantitative estimate of drug-likeness (QED) is 0.422. The average Bonchev–Trinajstić information content (AvgIpc) is 2.74. The van der Waals surface area contributed by atoms with E-state index in [9.17, 15) is 18.5 Å². The molecule has 30 heavy (non-hydrogen) atoms. The SMILES string of the molecule is CCN(CC)S(=O)(=O)c1ccc(C(C)Nc2ccc([N+](=O)[O-])c3cccnc23)cc1. The summed E-state index contributed by atoms with van der Waals surface area (Å²) in [6.45, 7) is 6.38. The van der Waals surface area contributed by atoms with Crippen molar-refractivity contribution in [2.75, 3.05) is 18.4 Å². The fraction of sp³-hybridized carbons (Fsp3) is 0.286. The number of non-ortho nitro benzene ring substituents is 1. The first-order valence-corrected chi connectivity index (χ1v) is 11.1.